The Bertz CT molecular complexity index is 938. The van der Waals surface area contributed by atoms with Crippen LogP contribution in [0.2, 0.25) is 0 Å². The van der Waals surface area contributed by atoms with Gasteiger partial charge in [0.1, 0.15) is 12.1 Å². The van der Waals surface area contributed by atoms with Crippen LogP contribution in [0.1, 0.15) is 11.1 Å². The zero-order valence-corrected chi connectivity index (χ0v) is 16.5. The Balaban J connectivity index is 1.83. The molecule has 7 heteroatoms. The van der Waals surface area contributed by atoms with E-state index in [0.29, 0.717) is 0 Å². The fourth-order valence-corrected chi connectivity index (χ4v) is 3.31. The Kier molecular flexibility index (Phi) is 6.75. The monoisotopic (exact) mass is 406 g/mol. The highest BCUT2D eigenvalue weighted by molar-refractivity contribution is 6.15. The van der Waals surface area contributed by atoms with Crippen LogP contribution in [-0.2, 0) is 36.8 Å². The van der Waals surface area contributed by atoms with Crippen molar-refractivity contribution in [1.82, 2.24) is 10.2 Å². The zero-order chi connectivity index (χ0) is 21.5. The van der Waals surface area contributed by atoms with Crippen LogP contribution in [0.25, 0.3) is 0 Å². The molecule has 2 aromatic rings. The molecule has 0 aromatic heterocycles. The fourth-order valence-electron chi connectivity index (χ4n) is 3.31. The predicted octanol–water partition coefficient (Wildman–Crippen LogP) is 1.42. The van der Waals surface area contributed by atoms with Gasteiger partial charge in [-0.05, 0) is 11.1 Å². The number of imide groups is 1. The standard InChI is InChI=1S/C23H22N2O5/c1-30-23(29)18(14-16-8-4-2-5-9-16)24-22(28)19(15-17-10-6-3-7-11-17)25-20(26)12-13-21(25)27/h2-13,18-19H,14-15H2,1H3,(H,24,28)/t18-,19-/m0/s1. The molecule has 0 spiro atoms. The molecule has 1 heterocycles. The van der Waals surface area contributed by atoms with Crippen molar-refractivity contribution in [2.24, 2.45) is 0 Å². The van der Waals surface area contributed by atoms with Gasteiger partial charge < -0.3 is 10.1 Å². The summed E-state index contributed by atoms with van der Waals surface area (Å²) in [4.78, 5) is 50.8. The highest BCUT2D eigenvalue weighted by atomic mass is 16.5. The number of nitrogens with zero attached hydrogens (tertiary/aromatic N) is 1. The predicted molar refractivity (Wildman–Crippen MR) is 109 cm³/mol. The molecule has 2 aromatic carbocycles. The average molecular weight is 406 g/mol. The van der Waals surface area contributed by atoms with E-state index in [1.54, 1.807) is 12.1 Å². The summed E-state index contributed by atoms with van der Waals surface area (Å²) < 4.78 is 4.84. The molecule has 0 fully saturated rings. The van der Waals surface area contributed by atoms with E-state index < -0.39 is 35.8 Å². The minimum atomic E-state index is -1.09. The van der Waals surface area contributed by atoms with Gasteiger partial charge in [-0.15, -0.1) is 0 Å². The molecule has 0 bridgehead atoms. The van der Waals surface area contributed by atoms with E-state index in [2.05, 4.69) is 5.32 Å². The Morgan fingerprint density at radius 2 is 1.37 bits per heavy atom. The first-order valence-corrected chi connectivity index (χ1v) is 9.51. The van der Waals surface area contributed by atoms with Gasteiger partial charge in [-0.3, -0.25) is 19.3 Å². The van der Waals surface area contributed by atoms with Crippen LogP contribution >= 0.6 is 0 Å². The van der Waals surface area contributed by atoms with Crippen LogP contribution in [0, 0.1) is 0 Å². The molecule has 3 amide bonds. The van der Waals surface area contributed by atoms with Gasteiger partial charge in [0.25, 0.3) is 11.8 Å². The van der Waals surface area contributed by atoms with Gasteiger partial charge in [0.05, 0.1) is 7.11 Å². The van der Waals surface area contributed by atoms with Crippen molar-refractivity contribution >= 4 is 23.7 Å². The average Bonchev–Trinajstić information content (AvgIpc) is 3.10. The number of nitrogens with one attached hydrogen (secondary N) is 1. The van der Waals surface area contributed by atoms with Gasteiger partial charge >= 0.3 is 5.97 Å². The first-order valence-electron chi connectivity index (χ1n) is 9.51. The molecule has 3 rings (SSSR count). The molecule has 1 N–H and O–H groups in total. The van der Waals surface area contributed by atoms with Crippen LogP contribution in [-0.4, -0.2) is 47.8 Å². The Labute approximate surface area is 174 Å². The van der Waals surface area contributed by atoms with Crippen molar-refractivity contribution < 1.29 is 23.9 Å². The van der Waals surface area contributed by atoms with Gasteiger partial charge in [-0.1, -0.05) is 60.7 Å². The van der Waals surface area contributed by atoms with Gasteiger partial charge in [0, 0.05) is 25.0 Å². The van der Waals surface area contributed by atoms with Crippen molar-refractivity contribution in [2.45, 2.75) is 24.9 Å². The third kappa shape index (κ3) is 5.00. The maximum atomic E-state index is 13.2. The van der Waals surface area contributed by atoms with Gasteiger partial charge in [0.2, 0.25) is 5.91 Å². The summed E-state index contributed by atoms with van der Waals surface area (Å²) in [5, 5.41) is 2.67. The van der Waals surface area contributed by atoms with Crippen LogP contribution < -0.4 is 5.32 Å². The lowest BCUT2D eigenvalue weighted by molar-refractivity contribution is -0.148. The molecular formula is C23H22N2O5. The summed E-state index contributed by atoms with van der Waals surface area (Å²) >= 11 is 0. The lowest BCUT2D eigenvalue weighted by atomic mass is 10.0. The molecule has 2 atom stereocenters. The summed E-state index contributed by atoms with van der Waals surface area (Å²) in [6.07, 6.45) is 2.62. The van der Waals surface area contributed by atoms with Crippen LogP contribution in [0.3, 0.4) is 0 Å². The maximum Gasteiger partial charge on any atom is 0.328 e. The van der Waals surface area contributed by atoms with Crippen molar-refractivity contribution in [3.63, 3.8) is 0 Å². The molecule has 0 unspecified atom stereocenters. The van der Waals surface area contributed by atoms with E-state index in [-0.39, 0.29) is 12.8 Å². The van der Waals surface area contributed by atoms with E-state index in [4.69, 9.17) is 4.74 Å². The number of hydrogen-bond acceptors (Lipinski definition) is 5. The van der Waals surface area contributed by atoms with E-state index in [9.17, 15) is 19.2 Å². The largest absolute Gasteiger partial charge is 0.467 e. The number of carbonyl (C=O) groups is 4. The Morgan fingerprint density at radius 1 is 0.867 bits per heavy atom. The van der Waals surface area contributed by atoms with Crippen molar-refractivity contribution in [2.75, 3.05) is 7.11 Å². The number of hydrogen-bond donors (Lipinski definition) is 1. The topological polar surface area (TPSA) is 92.8 Å². The molecule has 7 nitrogen and oxygen atoms in total. The molecule has 0 aliphatic carbocycles. The fraction of sp³-hybridized carbons (Fsp3) is 0.217. The lowest BCUT2D eigenvalue weighted by Gasteiger charge is -2.27. The molecule has 1 aliphatic rings. The summed E-state index contributed by atoms with van der Waals surface area (Å²) in [5.41, 5.74) is 1.62. The quantitative estimate of drug-likeness (QED) is 0.529. The Hall–Kier alpha value is -3.74. The molecule has 0 radical (unpaired) electrons. The van der Waals surface area contributed by atoms with Gasteiger partial charge in [0.15, 0.2) is 0 Å². The smallest absolute Gasteiger partial charge is 0.328 e. The van der Waals surface area contributed by atoms with E-state index in [0.717, 1.165) is 28.2 Å². The maximum absolute atomic E-state index is 13.2. The number of methoxy groups -OCH3 is 1. The number of rotatable bonds is 8. The van der Waals surface area contributed by atoms with Gasteiger partial charge in [-0.2, -0.15) is 0 Å². The van der Waals surface area contributed by atoms with Gasteiger partial charge in [-0.25, -0.2) is 4.79 Å². The Morgan fingerprint density at radius 3 is 1.87 bits per heavy atom. The zero-order valence-electron chi connectivity index (χ0n) is 16.5. The van der Waals surface area contributed by atoms with E-state index >= 15 is 0 Å². The molecule has 0 saturated heterocycles. The molecule has 154 valence electrons. The highest BCUT2D eigenvalue weighted by Crippen LogP contribution is 2.16. The first-order chi connectivity index (χ1) is 14.5. The SMILES string of the molecule is COC(=O)[C@H](Cc1ccccc1)NC(=O)[C@H](Cc1ccccc1)N1C(=O)C=CC1=O. The van der Waals surface area contributed by atoms with Crippen LogP contribution in [0.15, 0.2) is 72.8 Å². The number of carbonyl (C=O) groups excluding carboxylic acids is 4. The van der Waals surface area contributed by atoms with Crippen molar-refractivity contribution in [1.29, 1.82) is 0 Å². The summed E-state index contributed by atoms with van der Waals surface area (Å²) in [7, 11) is 1.24. The van der Waals surface area contributed by atoms with Crippen molar-refractivity contribution in [3.05, 3.63) is 83.9 Å². The number of amides is 3. The molecular weight excluding hydrogens is 384 g/mol. The van der Waals surface area contributed by atoms with E-state index in [1.807, 2.05) is 48.5 Å². The number of benzene rings is 2. The minimum absolute atomic E-state index is 0.130. The summed E-state index contributed by atoms with van der Waals surface area (Å²) in [6, 6.07) is 16.2. The second-order valence-electron chi connectivity index (χ2n) is 6.86. The third-order valence-electron chi connectivity index (χ3n) is 4.81. The second kappa shape index (κ2) is 9.65. The normalized spacial score (nSPS) is 15.0. The third-order valence-corrected chi connectivity index (χ3v) is 4.81. The highest BCUT2D eigenvalue weighted by Gasteiger charge is 2.37. The molecule has 0 saturated carbocycles. The molecule has 30 heavy (non-hydrogen) atoms. The summed E-state index contributed by atoms with van der Waals surface area (Å²) in [6.45, 7) is 0. The summed E-state index contributed by atoms with van der Waals surface area (Å²) in [5.74, 6) is -2.33. The lowest BCUT2D eigenvalue weighted by Crippen LogP contribution is -2.55. The number of esters is 1. The first kappa shape index (κ1) is 21.0. The number of ether oxygens (including phenoxy) is 1. The van der Waals surface area contributed by atoms with Crippen LogP contribution in [0.5, 0.6) is 0 Å². The van der Waals surface area contributed by atoms with Crippen LogP contribution in [0.4, 0.5) is 0 Å². The van der Waals surface area contributed by atoms with Crippen molar-refractivity contribution in [3.8, 4) is 0 Å². The molecule has 1 aliphatic heterocycles. The van der Waals surface area contributed by atoms with E-state index in [1.165, 1.54) is 7.11 Å². The minimum Gasteiger partial charge on any atom is -0.467 e. The second-order valence-corrected chi connectivity index (χ2v) is 6.86.